The first-order valence-electron chi connectivity index (χ1n) is 5.49. The van der Waals surface area contributed by atoms with Gasteiger partial charge in [-0.2, -0.15) is 0 Å². The summed E-state index contributed by atoms with van der Waals surface area (Å²) >= 11 is 7.54. The minimum absolute atomic E-state index is 0.713. The summed E-state index contributed by atoms with van der Waals surface area (Å²) in [5, 5.41) is 1.61. The first-order valence-corrected chi connectivity index (χ1v) is 6.85. The molecule has 0 aliphatic carbocycles. The first-order chi connectivity index (χ1) is 8.81. The second-order valence-electron chi connectivity index (χ2n) is 3.81. The third-order valence-electron chi connectivity index (χ3n) is 2.50. The van der Waals surface area contributed by atoms with Gasteiger partial charge in [0.05, 0.1) is 16.7 Å². The van der Waals surface area contributed by atoms with E-state index in [-0.39, 0.29) is 0 Å². The average molecular weight is 276 g/mol. The third kappa shape index (κ3) is 2.49. The number of imidazole rings is 1. The predicted octanol–water partition coefficient (Wildman–Crippen LogP) is 3.90. The van der Waals surface area contributed by atoms with Gasteiger partial charge in [-0.05, 0) is 24.3 Å². The number of H-pyrrole nitrogens is 1. The van der Waals surface area contributed by atoms with E-state index >= 15 is 0 Å². The van der Waals surface area contributed by atoms with Gasteiger partial charge in [0.15, 0.2) is 5.16 Å². The maximum Gasteiger partial charge on any atom is 0.166 e. The van der Waals surface area contributed by atoms with E-state index in [1.807, 2.05) is 30.3 Å². The summed E-state index contributed by atoms with van der Waals surface area (Å²) in [7, 11) is 0. The number of aromatic nitrogens is 3. The normalized spacial score (nSPS) is 10.9. The highest BCUT2D eigenvalue weighted by Crippen LogP contribution is 2.22. The number of aromatic amines is 1. The highest BCUT2D eigenvalue weighted by Gasteiger charge is 2.03. The lowest BCUT2D eigenvalue weighted by atomic mass is 10.3. The van der Waals surface area contributed by atoms with Gasteiger partial charge in [-0.3, -0.25) is 4.98 Å². The van der Waals surface area contributed by atoms with Crippen molar-refractivity contribution in [1.82, 2.24) is 15.0 Å². The van der Waals surface area contributed by atoms with Gasteiger partial charge in [0.1, 0.15) is 0 Å². The molecule has 0 saturated carbocycles. The SMILES string of the molecule is Clc1ccnc(CSc2nc3ccccc3[nH]2)c1. The van der Waals surface area contributed by atoms with Crippen molar-refractivity contribution in [1.29, 1.82) is 0 Å². The predicted molar refractivity (Wildman–Crippen MR) is 74.9 cm³/mol. The topological polar surface area (TPSA) is 41.6 Å². The zero-order valence-electron chi connectivity index (χ0n) is 9.43. The van der Waals surface area contributed by atoms with Gasteiger partial charge < -0.3 is 4.98 Å². The Morgan fingerprint density at radius 2 is 2.11 bits per heavy atom. The van der Waals surface area contributed by atoms with Crippen LogP contribution in [0.2, 0.25) is 5.02 Å². The quantitative estimate of drug-likeness (QED) is 0.737. The molecule has 5 heteroatoms. The molecule has 0 amide bonds. The molecule has 2 aromatic heterocycles. The van der Waals surface area contributed by atoms with E-state index in [9.17, 15) is 0 Å². The fourth-order valence-electron chi connectivity index (χ4n) is 1.67. The van der Waals surface area contributed by atoms with Crippen LogP contribution in [0.25, 0.3) is 11.0 Å². The lowest BCUT2D eigenvalue weighted by Gasteiger charge is -1.98. The van der Waals surface area contributed by atoms with Crippen LogP contribution in [0.1, 0.15) is 5.69 Å². The Hall–Kier alpha value is -1.52. The number of nitrogens with one attached hydrogen (secondary N) is 1. The van der Waals surface area contributed by atoms with Crippen molar-refractivity contribution in [3.63, 3.8) is 0 Å². The zero-order chi connectivity index (χ0) is 12.4. The Bertz CT molecular complexity index is 648. The Balaban J connectivity index is 1.76. The van der Waals surface area contributed by atoms with Crippen LogP contribution in [0.5, 0.6) is 0 Å². The van der Waals surface area contributed by atoms with Crippen molar-refractivity contribution in [2.45, 2.75) is 10.9 Å². The lowest BCUT2D eigenvalue weighted by Crippen LogP contribution is -1.86. The van der Waals surface area contributed by atoms with Crippen molar-refractivity contribution in [2.24, 2.45) is 0 Å². The maximum atomic E-state index is 5.92. The number of rotatable bonds is 3. The molecule has 90 valence electrons. The molecule has 0 aliphatic rings. The van der Waals surface area contributed by atoms with Gasteiger partial charge in [0, 0.05) is 17.0 Å². The Morgan fingerprint density at radius 1 is 1.22 bits per heavy atom. The number of hydrogen-bond acceptors (Lipinski definition) is 3. The molecule has 0 spiro atoms. The average Bonchev–Trinajstić information content (AvgIpc) is 2.79. The maximum absolute atomic E-state index is 5.92. The van der Waals surface area contributed by atoms with E-state index in [1.165, 1.54) is 0 Å². The molecule has 0 radical (unpaired) electrons. The standard InChI is InChI=1S/C13H10ClN3S/c14-9-5-6-15-10(7-9)8-18-13-16-11-3-1-2-4-12(11)17-13/h1-7H,8H2,(H,16,17). The van der Waals surface area contributed by atoms with Crippen molar-refractivity contribution < 1.29 is 0 Å². The van der Waals surface area contributed by atoms with Crippen LogP contribution < -0.4 is 0 Å². The lowest BCUT2D eigenvalue weighted by molar-refractivity contribution is 1.07. The van der Waals surface area contributed by atoms with Gasteiger partial charge in [-0.1, -0.05) is 35.5 Å². The number of para-hydroxylation sites is 2. The number of benzene rings is 1. The van der Waals surface area contributed by atoms with Gasteiger partial charge in [0.2, 0.25) is 0 Å². The molecule has 3 aromatic rings. The summed E-state index contributed by atoms with van der Waals surface area (Å²) in [5.74, 6) is 0.750. The highest BCUT2D eigenvalue weighted by atomic mass is 35.5. The van der Waals surface area contributed by atoms with Crippen molar-refractivity contribution in [2.75, 3.05) is 0 Å². The molecule has 3 rings (SSSR count). The molecule has 0 fully saturated rings. The summed E-state index contributed by atoms with van der Waals surface area (Å²) in [6, 6.07) is 11.6. The van der Waals surface area contributed by atoms with E-state index in [2.05, 4.69) is 15.0 Å². The second kappa shape index (κ2) is 5.00. The van der Waals surface area contributed by atoms with Crippen LogP contribution in [-0.4, -0.2) is 15.0 Å². The van der Waals surface area contributed by atoms with Crippen LogP contribution in [0.4, 0.5) is 0 Å². The molecule has 1 N–H and O–H groups in total. The molecule has 0 bridgehead atoms. The van der Waals surface area contributed by atoms with E-state index in [0.717, 1.165) is 27.6 Å². The fourth-order valence-corrected chi connectivity index (χ4v) is 2.64. The molecule has 0 aliphatic heterocycles. The Labute approximate surface area is 114 Å². The molecule has 0 saturated heterocycles. The molecule has 3 nitrogen and oxygen atoms in total. The molecule has 18 heavy (non-hydrogen) atoms. The van der Waals surface area contributed by atoms with Crippen LogP contribution in [0, 0.1) is 0 Å². The van der Waals surface area contributed by atoms with Gasteiger partial charge in [0.25, 0.3) is 0 Å². The first kappa shape index (κ1) is 11.6. The Morgan fingerprint density at radius 3 is 2.94 bits per heavy atom. The summed E-state index contributed by atoms with van der Waals surface area (Å²) < 4.78 is 0. The summed E-state index contributed by atoms with van der Waals surface area (Å²) in [6.45, 7) is 0. The molecular weight excluding hydrogens is 266 g/mol. The van der Waals surface area contributed by atoms with E-state index in [4.69, 9.17) is 11.6 Å². The van der Waals surface area contributed by atoms with Crippen LogP contribution in [0.3, 0.4) is 0 Å². The van der Waals surface area contributed by atoms with E-state index < -0.39 is 0 Å². The van der Waals surface area contributed by atoms with Crippen molar-refractivity contribution >= 4 is 34.4 Å². The van der Waals surface area contributed by atoms with E-state index in [1.54, 1.807) is 24.0 Å². The minimum atomic E-state index is 0.713. The van der Waals surface area contributed by atoms with Crippen LogP contribution in [-0.2, 0) is 5.75 Å². The second-order valence-corrected chi connectivity index (χ2v) is 5.21. The summed E-state index contributed by atoms with van der Waals surface area (Å²) in [6.07, 6.45) is 1.72. The van der Waals surface area contributed by atoms with E-state index in [0.29, 0.717) is 5.02 Å². The Kier molecular flexibility index (Phi) is 3.21. The largest absolute Gasteiger partial charge is 0.333 e. The molecular formula is C13H10ClN3S. The third-order valence-corrected chi connectivity index (χ3v) is 3.65. The van der Waals surface area contributed by atoms with Crippen molar-refractivity contribution in [3.8, 4) is 0 Å². The van der Waals surface area contributed by atoms with Gasteiger partial charge in [-0.25, -0.2) is 4.98 Å². The zero-order valence-corrected chi connectivity index (χ0v) is 11.0. The smallest absolute Gasteiger partial charge is 0.166 e. The molecule has 1 aromatic carbocycles. The van der Waals surface area contributed by atoms with Gasteiger partial charge in [-0.15, -0.1) is 0 Å². The van der Waals surface area contributed by atoms with Crippen LogP contribution >= 0.6 is 23.4 Å². The molecule has 0 unspecified atom stereocenters. The number of halogens is 1. The monoisotopic (exact) mass is 275 g/mol. The van der Waals surface area contributed by atoms with Crippen LogP contribution in [0.15, 0.2) is 47.8 Å². The number of fused-ring (bicyclic) bond motifs is 1. The number of hydrogen-bond donors (Lipinski definition) is 1. The molecule has 0 atom stereocenters. The number of nitrogens with zero attached hydrogens (tertiary/aromatic N) is 2. The minimum Gasteiger partial charge on any atom is -0.333 e. The van der Waals surface area contributed by atoms with Crippen molar-refractivity contribution in [3.05, 3.63) is 53.3 Å². The number of pyridine rings is 1. The highest BCUT2D eigenvalue weighted by molar-refractivity contribution is 7.98. The summed E-state index contributed by atoms with van der Waals surface area (Å²) in [4.78, 5) is 12.0. The molecule has 2 heterocycles. The fraction of sp³-hybridized carbons (Fsp3) is 0.0769. The summed E-state index contributed by atoms with van der Waals surface area (Å²) in [5.41, 5.74) is 2.99. The van der Waals surface area contributed by atoms with Gasteiger partial charge >= 0.3 is 0 Å². The number of thioether (sulfide) groups is 1.